The summed E-state index contributed by atoms with van der Waals surface area (Å²) in [6.45, 7) is 6.85. The molecule has 3 rings (SSSR count). The lowest BCUT2D eigenvalue weighted by Crippen LogP contribution is -2.45. The van der Waals surface area contributed by atoms with Crippen LogP contribution in [0.25, 0.3) is 0 Å². The molecule has 0 aromatic heterocycles. The highest BCUT2D eigenvalue weighted by Gasteiger charge is 2.29. The average molecular weight is 401 g/mol. The monoisotopic (exact) mass is 400 g/mol. The normalized spacial score (nSPS) is 15.5. The lowest BCUT2D eigenvalue weighted by Gasteiger charge is -2.27. The van der Waals surface area contributed by atoms with Gasteiger partial charge in [0.1, 0.15) is 0 Å². The number of rotatable bonds is 6. The molecule has 0 unspecified atom stereocenters. The summed E-state index contributed by atoms with van der Waals surface area (Å²) < 4.78 is 27.2. The highest BCUT2D eigenvalue weighted by atomic mass is 32.2. The van der Waals surface area contributed by atoms with Crippen molar-refractivity contribution in [2.75, 3.05) is 13.1 Å². The van der Waals surface area contributed by atoms with Crippen molar-refractivity contribution in [2.45, 2.75) is 50.5 Å². The summed E-state index contributed by atoms with van der Waals surface area (Å²) in [7, 11) is -3.55. The van der Waals surface area contributed by atoms with Gasteiger partial charge in [0.2, 0.25) is 10.0 Å². The van der Waals surface area contributed by atoms with Crippen LogP contribution in [0.5, 0.6) is 0 Å². The van der Waals surface area contributed by atoms with Gasteiger partial charge in [-0.15, -0.1) is 0 Å². The summed E-state index contributed by atoms with van der Waals surface area (Å²) in [6, 6.07) is 14.8. The SMILES string of the molecule is Cc1ccc(S(=O)(=O)N2CCCC2)cc1C(=O)NC(C)(C)Cc1ccccc1. The Morgan fingerprint density at radius 3 is 2.36 bits per heavy atom. The lowest BCUT2D eigenvalue weighted by atomic mass is 9.94. The molecule has 0 radical (unpaired) electrons. The standard InChI is InChI=1S/C22H28N2O3S/c1-17-11-12-19(28(26,27)24-13-7-8-14-24)15-20(17)21(25)23-22(2,3)16-18-9-5-4-6-10-18/h4-6,9-12,15H,7-8,13-14,16H2,1-3H3,(H,23,25). The minimum Gasteiger partial charge on any atom is -0.347 e. The molecule has 2 aromatic carbocycles. The summed E-state index contributed by atoms with van der Waals surface area (Å²) in [5.74, 6) is -0.253. The second kappa shape index (κ2) is 8.05. The first-order valence-corrected chi connectivity index (χ1v) is 11.1. The fourth-order valence-corrected chi connectivity index (χ4v) is 5.15. The second-order valence-electron chi connectivity index (χ2n) is 8.09. The number of aryl methyl sites for hydroxylation is 1. The van der Waals surface area contributed by atoms with Crippen LogP contribution in [0.4, 0.5) is 0 Å². The zero-order chi connectivity index (χ0) is 20.4. The molecular weight excluding hydrogens is 372 g/mol. The number of carbonyl (C=O) groups is 1. The maximum atomic E-state index is 13.0. The Balaban J connectivity index is 1.81. The summed E-state index contributed by atoms with van der Waals surface area (Å²) in [6.07, 6.45) is 2.45. The van der Waals surface area contributed by atoms with Crippen LogP contribution in [0.15, 0.2) is 53.4 Å². The van der Waals surface area contributed by atoms with E-state index in [9.17, 15) is 13.2 Å². The van der Waals surface area contributed by atoms with Crippen LogP contribution in [0.2, 0.25) is 0 Å². The van der Waals surface area contributed by atoms with Gasteiger partial charge in [-0.1, -0.05) is 36.4 Å². The molecule has 1 saturated heterocycles. The van der Waals surface area contributed by atoms with E-state index in [-0.39, 0.29) is 10.8 Å². The number of sulfonamides is 1. The molecule has 6 heteroatoms. The predicted octanol–water partition coefficient (Wildman–Crippen LogP) is 3.53. The first-order valence-electron chi connectivity index (χ1n) is 9.66. The minimum atomic E-state index is -3.55. The van der Waals surface area contributed by atoms with Crippen molar-refractivity contribution in [1.29, 1.82) is 0 Å². The summed E-state index contributed by atoms with van der Waals surface area (Å²) in [5.41, 5.74) is 1.83. The smallest absolute Gasteiger partial charge is 0.252 e. The number of hydrogen-bond donors (Lipinski definition) is 1. The zero-order valence-electron chi connectivity index (χ0n) is 16.7. The summed E-state index contributed by atoms with van der Waals surface area (Å²) in [5, 5.41) is 3.06. The molecular formula is C22H28N2O3S. The molecule has 0 atom stereocenters. The maximum absolute atomic E-state index is 13.0. The third-order valence-corrected chi connectivity index (χ3v) is 6.99. The molecule has 1 aliphatic rings. The Morgan fingerprint density at radius 1 is 1.07 bits per heavy atom. The van der Waals surface area contributed by atoms with Crippen LogP contribution in [0.1, 0.15) is 48.2 Å². The maximum Gasteiger partial charge on any atom is 0.252 e. The van der Waals surface area contributed by atoms with Gasteiger partial charge in [-0.2, -0.15) is 4.31 Å². The van der Waals surface area contributed by atoms with Crippen LogP contribution >= 0.6 is 0 Å². The van der Waals surface area contributed by atoms with Crippen molar-refractivity contribution >= 4 is 15.9 Å². The molecule has 2 aromatic rings. The van der Waals surface area contributed by atoms with Crippen LogP contribution in [-0.2, 0) is 16.4 Å². The Hall–Kier alpha value is -2.18. The van der Waals surface area contributed by atoms with Gasteiger partial charge >= 0.3 is 0 Å². The summed E-state index contributed by atoms with van der Waals surface area (Å²) >= 11 is 0. The average Bonchev–Trinajstić information content (AvgIpc) is 3.17. The first kappa shape index (κ1) is 20.6. The van der Waals surface area contributed by atoms with Gasteiger partial charge in [0.05, 0.1) is 4.90 Å². The van der Waals surface area contributed by atoms with E-state index in [0.29, 0.717) is 25.1 Å². The van der Waals surface area contributed by atoms with E-state index in [0.717, 1.165) is 24.0 Å². The molecule has 0 saturated carbocycles. The van der Waals surface area contributed by atoms with Crippen molar-refractivity contribution in [3.05, 3.63) is 65.2 Å². The molecule has 1 aliphatic heterocycles. The third-order valence-electron chi connectivity index (χ3n) is 5.10. The van der Waals surface area contributed by atoms with E-state index in [4.69, 9.17) is 0 Å². The van der Waals surface area contributed by atoms with Crippen molar-refractivity contribution in [3.63, 3.8) is 0 Å². The van der Waals surface area contributed by atoms with Gasteiger partial charge in [-0.05, 0) is 63.3 Å². The van der Waals surface area contributed by atoms with Crippen molar-refractivity contribution < 1.29 is 13.2 Å². The van der Waals surface area contributed by atoms with Crippen molar-refractivity contribution in [3.8, 4) is 0 Å². The predicted molar refractivity (Wildman–Crippen MR) is 111 cm³/mol. The molecule has 0 spiro atoms. The van der Waals surface area contributed by atoms with E-state index in [1.54, 1.807) is 12.1 Å². The zero-order valence-corrected chi connectivity index (χ0v) is 17.6. The van der Waals surface area contributed by atoms with Crippen molar-refractivity contribution in [1.82, 2.24) is 9.62 Å². The van der Waals surface area contributed by atoms with E-state index in [1.807, 2.05) is 51.1 Å². The van der Waals surface area contributed by atoms with Crippen molar-refractivity contribution in [2.24, 2.45) is 0 Å². The van der Waals surface area contributed by atoms with E-state index in [1.165, 1.54) is 10.4 Å². The number of nitrogens with one attached hydrogen (secondary N) is 1. The molecule has 5 nitrogen and oxygen atoms in total. The van der Waals surface area contributed by atoms with E-state index in [2.05, 4.69) is 5.32 Å². The summed E-state index contributed by atoms with van der Waals surface area (Å²) in [4.78, 5) is 13.1. The second-order valence-corrected chi connectivity index (χ2v) is 10.0. The fourth-order valence-electron chi connectivity index (χ4n) is 3.61. The fraction of sp³-hybridized carbons (Fsp3) is 0.409. The minimum absolute atomic E-state index is 0.186. The molecule has 1 amide bonds. The largest absolute Gasteiger partial charge is 0.347 e. The number of carbonyl (C=O) groups excluding carboxylic acids is 1. The van der Waals surface area contributed by atoms with E-state index < -0.39 is 15.6 Å². The number of hydrogen-bond acceptors (Lipinski definition) is 3. The molecule has 1 fully saturated rings. The van der Waals surface area contributed by atoms with E-state index >= 15 is 0 Å². The Kier molecular flexibility index (Phi) is 5.91. The quantitative estimate of drug-likeness (QED) is 0.807. The molecule has 1 N–H and O–H groups in total. The first-order chi connectivity index (χ1) is 13.2. The molecule has 1 heterocycles. The van der Waals surface area contributed by atoms with Gasteiger partial charge < -0.3 is 5.32 Å². The lowest BCUT2D eigenvalue weighted by molar-refractivity contribution is 0.0912. The highest BCUT2D eigenvalue weighted by Crippen LogP contribution is 2.23. The molecule has 0 aliphatic carbocycles. The topological polar surface area (TPSA) is 66.5 Å². The Labute approximate surface area is 167 Å². The van der Waals surface area contributed by atoms with Crippen LogP contribution < -0.4 is 5.32 Å². The van der Waals surface area contributed by atoms with Gasteiger partial charge in [0.15, 0.2) is 0 Å². The van der Waals surface area contributed by atoms with Gasteiger partial charge in [-0.3, -0.25) is 4.79 Å². The third kappa shape index (κ3) is 4.62. The van der Waals surface area contributed by atoms with Crippen LogP contribution in [0, 0.1) is 6.92 Å². The number of nitrogens with zero attached hydrogens (tertiary/aromatic N) is 1. The number of amides is 1. The Bertz CT molecular complexity index is 947. The molecule has 150 valence electrons. The molecule has 0 bridgehead atoms. The van der Waals surface area contributed by atoms with Crippen LogP contribution in [-0.4, -0.2) is 37.3 Å². The Morgan fingerprint density at radius 2 is 1.71 bits per heavy atom. The van der Waals surface area contributed by atoms with Gasteiger partial charge in [0, 0.05) is 24.2 Å². The van der Waals surface area contributed by atoms with Gasteiger partial charge in [0.25, 0.3) is 5.91 Å². The van der Waals surface area contributed by atoms with Gasteiger partial charge in [-0.25, -0.2) is 8.42 Å². The van der Waals surface area contributed by atoms with Crippen LogP contribution in [0.3, 0.4) is 0 Å². The number of benzene rings is 2. The molecule has 28 heavy (non-hydrogen) atoms. The highest BCUT2D eigenvalue weighted by molar-refractivity contribution is 7.89.